The zero-order valence-corrected chi connectivity index (χ0v) is 13.1. The number of piperazine rings is 1. The lowest BCUT2D eigenvalue weighted by Crippen LogP contribution is -2.52. The first-order valence-electron chi connectivity index (χ1n) is 7.42. The fourth-order valence-electron chi connectivity index (χ4n) is 2.51. The van der Waals surface area contributed by atoms with Crippen LogP contribution in [0.1, 0.15) is 12.5 Å². The van der Waals surface area contributed by atoms with Gasteiger partial charge in [-0.15, -0.1) is 0 Å². The van der Waals surface area contributed by atoms with Crippen LogP contribution in [-0.4, -0.2) is 62.1 Å². The number of hydrogen-bond acceptors (Lipinski definition) is 4. The van der Waals surface area contributed by atoms with Crippen molar-refractivity contribution in [3.8, 4) is 5.75 Å². The molecular formula is C16H25N3O2. The topological polar surface area (TPSA) is 44.8 Å². The van der Waals surface area contributed by atoms with Crippen LogP contribution in [0.2, 0.25) is 0 Å². The molecule has 1 atom stereocenters. The third kappa shape index (κ3) is 4.44. The molecule has 0 radical (unpaired) electrons. The van der Waals surface area contributed by atoms with Crippen LogP contribution in [0.5, 0.6) is 5.75 Å². The maximum Gasteiger partial charge on any atom is 0.236 e. The predicted molar refractivity (Wildman–Crippen MR) is 83.4 cm³/mol. The van der Waals surface area contributed by atoms with E-state index in [-0.39, 0.29) is 5.91 Å². The van der Waals surface area contributed by atoms with Gasteiger partial charge in [0.1, 0.15) is 5.75 Å². The van der Waals surface area contributed by atoms with Crippen LogP contribution < -0.4 is 10.1 Å². The molecule has 1 amide bonds. The molecule has 2 rings (SSSR count). The first-order chi connectivity index (χ1) is 10.1. The van der Waals surface area contributed by atoms with E-state index in [2.05, 4.69) is 17.1 Å². The highest BCUT2D eigenvalue weighted by molar-refractivity contribution is 5.78. The summed E-state index contributed by atoms with van der Waals surface area (Å²) in [5, 5.41) is 3.34. The quantitative estimate of drug-likeness (QED) is 0.877. The minimum Gasteiger partial charge on any atom is -0.497 e. The lowest BCUT2D eigenvalue weighted by molar-refractivity contribution is -0.132. The van der Waals surface area contributed by atoms with Gasteiger partial charge in [0, 0.05) is 39.3 Å². The maximum atomic E-state index is 12.3. The van der Waals surface area contributed by atoms with Gasteiger partial charge in [-0.1, -0.05) is 12.1 Å². The highest BCUT2D eigenvalue weighted by atomic mass is 16.5. The van der Waals surface area contributed by atoms with Crippen molar-refractivity contribution in [3.05, 3.63) is 29.8 Å². The Hall–Kier alpha value is -1.59. The van der Waals surface area contributed by atoms with E-state index in [1.165, 1.54) is 0 Å². The molecule has 1 aliphatic heterocycles. The first kappa shape index (κ1) is 15.8. The van der Waals surface area contributed by atoms with Crippen molar-refractivity contribution in [2.75, 3.05) is 40.3 Å². The van der Waals surface area contributed by atoms with Gasteiger partial charge < -0.3 is 15.0 Å². The molecule has 1 heterocycles. The summed E-state index contributed by atoms with van der Waals surface area (Å²) >= 11 is 0. The zero-order valence-electron chi connectivity index (χ0n) is 13.1. The molecule has 5 nitrogen and oxygen atoms in total. The summed E-state index contributed by atoms with van der Waals surface area (Å²) in [6.07, 6.45) is 0. The van der Waals surface area contributed by atoms with Gasteiger partial charge in [0.25, 0.3) is 0 Å². The molecule has 0 saturated carbocycles. The van der Waals surface area contributed by atoms with Gasteiger partial charge in [-0.05, 0) is 24.6 Å². The van der Waals surface area contributed by atoms with E-state index in [1.807, 2.05) is 31.3 Å². The summed E-state index contributed by atoms with van der Waals surface area (Å²) in [6, 6.07) is 8.25. The molecule has 1 fully saturated rings. The Morgan fingerprint density at radius 1 is 1.43 bits per heavy atom. The molecule has 5 heteroatoms. The van der Waals surface area contributed by atoms with Gasteiger partial charge >= 0.3 is 0 Å². The summed E-state index contributed by atoms with van der Waals surface area (Å²) in [7, 11) is 3.51. The summed E-state index contributed by atoms with van der Waals surface area (Å²) in [6.45, 7) is 6.13. The summed E-state index contributed by atoms with van der Waals surface area (Å²) in [5.74, 6) is 1.00. The molecular weight excluding hydrogens is 266 g/mol. The summed E-state index contributed by atoms with van der Waals surface area (Å²) < 4.78 is 5.14. The van der Waals surface area contributed by atoms with Crippen molar-refractivity contribution < 1.29 is 9.53 Å². The molecule has 1 saturated heterocycles. The molecule has 1 aromatic rings. The lowest BCUT2D eigenvalue weighted by atomic mass is 10.2. The van der Waals surface area contributed by atoms with Gasteiger partial charge in [0.05, 0.1) is 13.7 Å². The van der Waals surface area contributed by atoms with Crippen LogP contribution in [0, 0.1) is 0 Å². The second-order valence-electron chi connectivity index (χ2n) is 5.62. The number of rotatable bonds is 5. The number of ether oxygens (including phenoxy) is 1. The predicted octanol–water partition coefficient (Wildman–Crippen LogP) is 0.947. The van der Waals surface area contributed by atoms with Crippen molar-refractivity contribution in [1.82, 2.24) is 15.1 Å². The number of hydrogen-bond donors (Lipinski definition) is 1. The third-order valence-corrected chi connectivity index (χ3v) is 3.98. The number of carbonyl (C=O) groups is 1. The van der Waals surface area contributed by atoms with Crippen LogP contribution in [0.15, 0.2) is 24.3 Å². The maximum absolute atomic E-state index is 12.3. The van der Waals surface area contributed by atoms with E-state index >= 15 is 0 Å². The Labute approximate surface area is 126 Å². The van der Waals surface area contributed by atoms with Gasteiger partial charge in [-0.25, -0.2) is 0 Å². The lowest BCUT2D eigenvalue weighted by Gasteiger charge is -2.34. The minimum absolute atomic E-state index is 0.166. The Morgan fingerprint density at radius 3 is 2.76 bits per heavy atom. The third-order valence-electron chi connectivity index (χ3n) is 3.98. The normalized spacial score (nSPS) is 19.3. The summed E-state index contributed by atoms with van der Waals surface area (Å²) in [5.41, 5.74) is 1.11. The Morgan fingerprint density at radius 2 is 2.14 bits per heavy atom. The van der Waals surface area contributed by atoms with Crippen molar-refractivity contribution in [2.24, 2.45) is 0 Å². The second kappa shape index (κ2) is 7.43. The average Bonchev–Trinajstić information content (AvgIpc) is 2.50. The SMILES string of the molecule is COc1ccc(CN(C)C(=O)CN2CCNC[C@H]2C)cc1. The Bertz CT molecular complexity index is 461. The highest BCUT2D eigenvalue weighted by Crippen LogP contribution is 2.13. The zero-order chi connectivity index (χ0) is 15.2. The standard InChI is InChI=1S/C16H25N3O2/c1-13-10-17-8-9-19(13)12-16(20)18(2)11-14-4-6-15(21-3)7-5-14/h4-7,13,17H,8-12H2,1-3H3/t13-/m1/s1. The average molecular weight is 291 g/mol. The number of nitrogens with one attached hydrogen (secondary N) is 1. The van der Waals surface area contributed by atoms with Crippen LogP contribution in [0.3, 0.4) is 0 Å². The smallest absolute Gasteiger partial charge is 0.236 e. The molecule has 0 aliphatic carbocycles. The van der Waals surface area contributed by atoms with E-state index in [0.717, 1.165) is 30.9 Å². The van der Waals surface area contributed by atoms with E-state index < -0.39 is 0 Å². The second-order valence-corrected chi connectivity index (χ2v) is 5.62. The largest absolute Gasteiger partial charge is 0.497 e. The molecule has 0 spiro atoms. The minimum atomic E-state index is 0.166. The van der Waals surface area contributed by atoms with Gasteiger partial charge in [0.2, 0.25) is 5.91 Å². The molecule has 0 aromatic heterocycles. The number of methoxy groups -OCH3 is 1. The molecule has 0 unspecified atom stereocenters. The molecule has 1 aromatic carbocycles. The molecule has 0 bridgehead atoms. The van der Waals surface area contributed by atoms with E-state index in [9.17, 15) is 4.79 Å². The number of benzene rings is 1. The number of likely N-dealkylation sites (N-methyl/N-ethyl adjacent to an activating group) is 1. The molecule has 1 N–H and O–H groups in total. The molecule has 116 valence electrons. The van der Waals surface area contributed by atoms with Gasteiger partial charge in [-0.2, -0.15) is 0 Å². The van der Waals surface area contributed by atoms with Crippen molar-refractivity contribution >= 4 is 5.91 Å². The van der Waals surface area contributed by atoms with Crippen molar-refractivity contribution in [2.45, 2.75) is 19.5 Å². The molecule has 1 aliphatic rings. The van der Waals surface area contributed by atoms with Gasteiger partial charge in [0.15, 0.2) is 0 Å². The Kier molecular flexibility index (Phi) is 5.59. The Balaban J connectivity index is 1.86. The number of carbonyl (C=O) groups excluding carboxylic acids is 1. The number of amides is 1. The van der Waals surface area contributed by atoms with Crippen LogP contribution in [0.4, 0.5) is 0 Å². The molecule has 21 heavy (non-hydrogen) atoms. The van der Waals surface area contributed by atoms with E-state index in [1.54, 1.807) is 12.0 Å². The van der Waals surface area contributed by atoms with Crippen LogP contribution >= 0.6 is 0 Å². The number of nitrogens with zero attached hydrogens (tertiary/aromatic N) is 2. The van der Waals surface area contributed by atoms with Gasteiger partial charge in [-0.3, -0.25) is 9.69 Å². The fraction of sp³-hybridized carbons (Fsp3) is 0.562. The monoisotopic (exact) mass is 291 g/mol. The highest BCUT2D eigenvalue weighted by Gasteiger charge is 2.21. The van der Waals surface area contributed by atoms with Crippen molar-refractivity contribution in [3.63, 3.8) is 0 Å². The van der Waals surface area contributed by atoms with E-state index in [0.29, 0.717) is 19.1 Å². The summed E-state index contributed by atoms with van der Waals surface area (Å²) in [4.78, 5) is 16.4. The van der Waals surface area contributed by atoms with Crippen LogP contribution in [-0.2, 0) is 11.3 Å². The van der Waals surface area contributed by atoms with Crippen LogP contribution in [0.25, 0.3) is 0 Å². The van der Waals surface area contributed by atoms with E-state index in [4.69, 9.17) is 4.74 Å². The first-order valence-corrected chi connectivity index (χ1v) is 7.42. The fourth-order valence-corrected chi connectivity index (χ4v) is 2.51. The van der Waals surface area contributed by atoms with Crippen molar-refractivity contribution in [1.29, 1.82) is 0 Å².